The Morgan fingerprint density at radius 1 is 1.60 bits per heavy atom. The van der Waals surface area contributed by atoms with Crippen LogP contribution in [0.25, 0.3) is 0 Å². The predicted molar refractivity (Wildman–Crippen MR) is 52.0 cm³/mol. The van der Waals surface area contributed by atoms with Gasteiger partial charge in [-0.3, -0.25) is 14.3 Å². The van der Waals surface area contributed by atoms with Crippen LogP contribution < -0.4 is 11.2 Å². The summed E-state index contributed by atoms with van der Waals surface area (Å²) in [7, 11) is 0. The summed E-state index contributed by atoms with van der Waals surface area (Å²) in [6, 6.07) is 0. The van der Waals surface area contributed by atoms with Crippen molar-refractivity contribution in [3.63, 3.8) is 0 Å². The smallest absolute Gasteiger partial charge is 0.330 e. The fourth-order valence-electron chi connectivity index (χ4n) is 1.50. The molecule has 0 aromatic carbocycles. The number of aliphatic hydroxyl groups is 1. The number of aromatic amines is 1. The Kier molecular flexibility index (Phi) is 2.64. The van der Waals surface area contributed by atoms with Gasteiger partial charge in [0.2, 0.25) is 0 Å². The number of nitrogens with zero attached hydrogens (tertiary/aromatic N) is 1. The third-order valence-corrected chi connectivity index (χ3v) is 2.70. The quantitative estimate of drug-likeness (QED) is 0.656. The summed E-state index contributed by atoms with van der Waals surface area (Å²) >= 11 is 5.76. The van der Waals surface area contributed by atoms with Crippen molar-refractivity contribution in [3.8, 4) is 0 Å². The Balaban J connectivity index is 2.58. The highest BCUT2D eigenvalue weighted by atomic mass is 35.5. The van der Waals surface area contributed by atoms with E-state index in [1.54, 1.807) is 0 Å². The van der Waals surface area contributed by atoms with Crippen molar-refractivity contribution in [2.45, 2.75) is 19.3 Å². The summed E-state index contributed by atoms with van der Waals surface area (Å²) in [4.78, 5) is 24.6. The lowest BCUT2D eigenvalue weighted by Gasteiger charge is -2.25. The number of fused-ring (bicyclic) bond motifs is 1. The lowest BCUT2D eigenvalue weighted by Crippen LogP contribution is -2.40. The monoisotopic (exact) mass is 232 g/mol. The molecule has 1 aromatic rings. The van der Waals surface area contributed by atoms with E-state index in [2.05, 4.69) is 4.98 Å². The first-order valence-electron chi connectivity index (χ1n) is 4.37. The average molecular weight is 233 g/mol. The molecule has 0 bridgehead atoms. The van der Waals surface area contributed by atoms with E-state index in [9.17, 15) is 9.59 Å². The molecule has 1 atom stereocenters. The number of aliphatic hydroxyl groups excluding tert-OH is 1. The molecule has 2 N–H and O–H groups in total. The van der Waals surface area contributed by atoms with Gasteiger partial charge in [-0.1, -0.05) is 11.6 Å². The van der Waals surface area contributed by atoms with Crippen molar-refractivity contribution in [1.82, 2.24) is 9.55 Å². The topological polar surface area (TPSA) is 84.3 Å². The number of rotatable bonds is 1. The van der Waals surface area contributed by atoms with Crippen LogP contribution in [0.3, 0.4) is 0 Å². The second-order valence-electron chi connectivity index (χ2n) is 3.25. The number of hydrogen-bond acceptors (Lipinski definition) is 4. The zero-order valence-corrected chi connectivity index (χ0v) is 8.45. The van der Waals surface area contributed by atoms with E-state index in [1.807, 2.05) is 0 Å². The predicted octanol–water partition coefficient (Wildman–Crippen LogP) is -0.919. The molecule has 7 heteroatoms. The van der Waals surface area contributed by atoms with E-state index < -0.39 is 17.4 Å². The summed E-state index contributed by atoms with van der Waals surface area (Å²) in [6.45, 7) is -0.173. The molecule has 15 heavy (non-hydrogen) atoms. The van der Waals surface area contributed by atoms with E-state index in [4.69, 9.17) is 21.4 Å². The molecule has 0 spiro atoms. The number of halogens is 1. The van der Waals surface area contributed by atoms with Crippen LogP contribution in [-0.4, -0.2) is 27.4 Å². The van der Waals surface area contributed by atoms with E-state index in [0.717, 1.165) is 0 Å². The maximum atomic E-state index is 11.3. The Bertz CT molecular complexity index is 492. The van der Waals surface area contributed by atoms with Gasteiger partial charge in [-0.15, -0.1) is 0 Å². The number of aromatic nitrogens is 2. The van der Waals surface area contributed by atoms with Gasteiger partial charge in [0.05, 0.1) is 18.4 Å². The number of ether oxygens (including phenoxy) is 1. The molecule has 6 nitrogen and oxygen atoms in total. The summed E-state index contributed by atoms with van der Waals surface area (Å²) in [5.41, 5.74) is -0.738. The third kappa shape index (κ3) is 1.71. The zero-order chi connectivity index (χ0) is 11.0. The summed E-state index contributed by atoms with van der Waals surface area (Å²) in [5.74, 6) is 0. The Labute approximate surface area is 89.1 Å². The molecule has 2 heterocycles. The molecule has 0 saturated heterocycles. The first-order valence-corrected chi connectivity index (χ1v) is 4.75. The molecular formula is C8H9ClN2O4. The van der Waals surface area contributed by atoms with Gasteiger partial charge < -0.3 is 9.84 Å². The standard InChI is InChI=1S/C8H9ClN2O4/c9-6-5-1-4(2-12)15-3-11(5)8(14)10-7(6)13/h4,12H,1-3H2,(H,10,13,14). The Hall–Kier alpha value is -1.11. The molecule has 0 amide bonds. The molecule has 1 aromatic heterocycles. The largest absolute Gasteiger partial charge is 0.394 e. The van der Waals surface area contributed by atoms with Crippen LogP contribution in [0.1, 0.15) is 5.69 Å². The van der Waals surface area contributed by atoms with Gasteiger partial charge in [0, 0.05) is 6.42 Å². The normalized spacial score (nSPS) is 20.0. The first-order chi connectivity index (χ1) is 7.13. The number of hydrogen-bond donors (Lipinski definition) is 2. The van der Waals surface area contributed by atoms with Crippen LogP contribution in [0.2, 0.25) is 5.02 Å². The van der Waals surface area contributed by atoms with E-state index in [0.29, 0.717) is 5.69 Å². The van der Waals surface area contributed by atoms with Gasteiger partial charge in [-0.05, 0) is 0 Å². The lowest BCUT2D eigenvalue weighted by molar-refractivity contribution is -0.0440. The van der Waals surface area contributed by atoms with E-state index in [1.165, 1.54) is 4.57 Å². The third-order valence-electron chi connectivity index (χ3n) is 2.31. The van der Waals surface area contributed by atoms with Gasteiger partial charge in [0.25, 0.3) is 5.56 Å². The van der Waals surface area contributed by atoms with Crippen LogP contribution in [0.15, 0.2) is 9.59 Å². The van der Waals surface area contributed by atoms with Crippen LogP contribution in [0.5, 0.6) is 0 Å². The fraction of sp³-hybridized carbons (Fsp3) is 0.500. The van der Waals surface area contributed by atoms with Crippen molar-refractivity contribution in [1.29, 1.82) is 0 Å². The van der Waals surface area contributed by atoms with E-state index in [-0.39, 0.29) is 24.8 Å². The van der Waals surface area contributed by atoms with Crippen LogP contribution in [-0.2, 0) is 17.9 Å². The molecule has 0 saturated carbocycles. The molecule has 2 rings (SSSR count). The molecule has 0 radical (unpaired) electrons. The average Bonchev–Trinajstić information content (AvgIpc) is 2.25. The molecule has 0 fully saturated rings. The second-order valence-corrected chi connectivity index (χ2v) is 3.63. The highest BCUT2D eigenvalue weighted by molar-refractivity contribution is 6.31. The summed E-state index contributed by atoms with van der Waals surface area (Å²) in [6.07, 6.45) is -0.155. The van der Waals surface area contributed by atoms with Crippen molar-refractivity contribution in [3.05, 3.63) is 31.6 Å². The minimum atomic E-state index is -0.605. The van der Waals surface area contributed by atoms with Crippen LogP contribution in [0.4, 0.5) is 0 Å². The summed E-state index contributed by atoms with van der Waals surface area (Å²) in [5, 5.41) is 8.89. The zero-order valence-electron chi connectivity index (χ0n) is 7.70. The van der Waals surface area contributed by atoms with E-state index >= 15 is 0 Å². The fourth-order valence-corrected chi connectivity index (χ4v) is 1.73. The second kappa shape index (κ2) is 3.80. The molecule has 82 valence electrons. The number of H-pyrrole nitrogens is 1. The van der Waals surface area contributed by atoms with Crippen molar-refractivity contribution >= 4 is 11.6 Å². The first kappa shape index (κ1) is 10.4. The highest BCUT2D eigenvalue weighted by Gasteiger charge is 2.23. The van der Waals surface area contributed by atoms with Crippen LogP contribution in [0, 0.1) is 0 Å². The van der Waals surface area contributed by atoms with Gasteiger partial charge in [-0.2, -0.15) is 0 Å². The van der Waals surface area contributed by atoms with Gasteiger partial charge in [-0.25, -0.2) is 4.79 Å². The van der Waals surface area contributed by atoms with Gasteiger partial charge in [0.15, 0.2) is 0 Å². The maximum absolute atomic E-state index is 11.3. The van der Waals surface area contributed by atoms with Crippen molar-refractivity contribution in [2.24, 2.45) is 0 Å². The molecule has 0 aliphatic carbocycles. The summed E-state index contributed by atoms with van der Waals surface area (Å²) < 4.78 is 6.41. The van der Waals surface area contributed by atoms with Crippen LogP contribution >= 0.6 is 11.6 Å². The molecular weight excluding hydrogens is 224 g/mol. The number of nitrogens with one attached hydrogen (secondary N) is 1. The maximum Gasteiger partial charge on any atom is 0.330 e. The minimum absolute atomic E-state index is 0.00407. The van der Waals surface area contributed by atoms with Crippen molar-refractivity contribution in [2.75, 3.05) is 6.61 Å². The van der Waals surface area contributed by atoms with Crippen molar-refractivity contribution < 1.29 is 9.84 Å². The highest BCUT2D eigenvalue weighted by Crippen LogP contribution is 2.16. The molecule has 1 aliphatic heterocycles. The lowest BCUT2D eigenvalue weighted by atomic mass is 10.2. The minimum Gasteiger partial charge on any atom is -0.394 e. The molecule has 1 unspecified atom stereocenters. The SMILES string of the molecule is O=c1[nH]c(=O)n2c(c1Cl)CC(CO)OC2. The van der Waals surface area contributed by atoms with Gasteiger partial charge in [0.1, 0.15) is 11.8 Å². The molecule has 1 aliphatic rings. The Morgan fingerprint density at radius 3 is 3.00 bits per heavy atom. The van der Waals surface area contributed by atoms with Gasteiger partial charge >= 0.3 is 5.69 Å². The Morgan fingerprint density at radius 2 is 2.33 bits per heavy atom.